The Labute approximate surface area is 117 Å². The number of nitrogens with zero attached hydrogens (tertiary/aromatic N) is 2. The number of hydrogen-bond acceptors (Lipinski definition) is 6. The van der Waals surface area contributed by atoms with E-state index >= 15 is 0 Å². The van der Waals surface area contributed by atoms with E-state index in [-0.39, 0.29) is 17.4 Å². The molecule has 0 spiro atoms. The molecule has 0 aliphatic heterocycles. The van der Waals surface area contributed by atoms with Crippen LogP contribution in [0, 0.1) is 0 Å². The highest BCUT2D eigenvalue weighted by Gasteiger charge is 2.17. The molecule has 0 radical (unpaired) electrons. The molecule has 20 heavy (non-hydrogen) atoms. The number of rotatable bonds is 4. The molecule has 0 atom stereocenters. The molecule has 1 aromatic heterocycles. The minimum Gasteiger partial charge on any atom is -0.479 e. The zero-order chi connectivity index (χ0) is 14.8. The number of hydrogen-bond donors (Lipinski definition) is 2. The second kappa shape index (κ2) is 5.34. The van der Waals surface area contributed by atoms with E-state index in [1.54, 1.807) is 32.0 Å². The van der Waals surface area contributed by atoms with E-state index in [2.05, 4.69) is 9.97 Å². The average molecular weight is 275 g/mol. The van der Waals surface area contributed by atoms with Crippen LogP contribution in [-0.4, -0.2) is 22.2 Å². The molecule has 2 aromatic rings. The second-order valence-corrected chi connectivity index (χ2v) is 4.79. The first-order valence-corrected chi connectivity index (χ1v) is 6.07. The summed E-state index contributed by atoms with van der Waals surface area (Å²) in [5.74, 6) is 0.996. The molecule has 0 fully saturated rings. The van der Waals surface area contributed by atoms with Crippen molar-refractivity contribution in [3.05, 3.63) is 36.2 Å². The summed E-state index contributed by atoms with van der Waals surface area (Å²) in [4.78, 5) is 7.85. The lowest BCUT2D eigenvalue weighted by atomic mass is 9.98. The molecule has 0 unspecified atom stereocenters. The number of aromatic nitrogens is 2. The number of anilines is 1. The Morgan fingerprint density at radius 3 is 2.55 bits per heavy atom. The fourth-order valence-corrected chi connectivity index (χ4v) is 1.66. The molecule has 1 aromatic carbocycles. The first kappa shape index (κ1) is 14.1. The van der Waals surface area contributed by atoms with Gasteiger partial charge in [0.05, 0.1) is 12.7 Å². The molecular formula is C14H17N3O3. The Morgan fingerprint density at radius 2 is 1.90 bits per heavy atom. The van der Waals surface area contributed by atoms with Gasteiger partial charge in [-0.3, -0.25) is 0 Å². The van der Waals surface area contributed by atoms with E-state index in [0.29, 0.717) is 5.75 Å². The molecule has 3 N–H and O–H groups in total. The topological polar surface area (TPSA) is 90.5 Å². The van der Waals surface area contributed by atoms with Crippen molar-refractivity contribution in [2.24, 2.45) is 0 Å². The molecule has 0 amide bonds. The number of benzene rings is 1. The van der Waals surface area contributed by atoms with E-state index in [1.165, 1.54) is 13.4 Å². The van der Waals surface area contributed by atoms with Gasteiger partial charge in [0.15, 0.2) is 5.69 Å². The van der Waals surface area contributed by atoms with Crippen molar-refractivity contribution in [1.82, 2.24) is 9.97 Å². The molecular weight excluding hydrogens is 258 g/mol. The molecule has 2 rings (SSSR count). The smallest absolute Gasteiger partial charge is 0.249 e. The molecule has 0 saturated heterocycles. The monoisotopic (exact) mass is 275 g/mol. The zero-order valence-electron chi connectivity index (χ0n) is 11.6. The summed E-state index contributed by atoms with van der Waals surface area (Å²) in [7, 11) is 1.47. The van der Waals surface area contributed by atoms with Gasteiger partial charge in [-0.05, 0) is 31.5 Å². The van der Waals surface area contributed by atoms with Gasteiger partial charge in [0.1, 0.15) is 12.1 Å². The summed E-state index contributed by atoms with van der Waals surface area (Å²) in [6.45, 7) is 3.41. The van der Waals surface area contributed by atoms with Gasteiger partial charge in [-0.2, -0.15) is 9.97 Å². The zero-order valence-corrected chi connectivity index (χ0v) is 11.6. The van der Waals surface area contributed by atoms with Crippen molar-refractivity contribution in [2.45, 2.75) is 19.4 Å². The Balaban J connectivity index is 2.31. The number of aliphatic hydroxyl groups is 1. The maximum Gasteiger partial charge on any atom is 0.249 e. The van der Waals surface area contributed by atoms with Gasteiger partial charge in [-0.25, -0.2) is 0 Å². The van der Waals surface area contributed by atoms with E-state index in [4.69, 9.17) is 15.2 Å². The number of ether oxygens (including phenoxy) is 2. The second-order valence-electron chi connectivity index (χ2n) is 4.79. The number of nitrogen functional groups attached to an aromatic ring is 1. The van der Waals surface area contributed by atoms with Crippen LogP contribution in [0.4, 0.5) is 5.69 Å². The molecule has 1 heterocycles. The minimum absolute atomic E-state index is 0.213. The number of nitrogens with two attached hydrogens (primary N) is 1. The maximum absolute atomic E-state index is 9.99. The van der Waals surface area contributed by atoms with Gasteiger partial charge in [0.25, 0.3) is 0 Å². The van der Waals surface area contributed by atoms with Crippen LogP contribution in [-0.2, 0) is 5.60 Å². The van der Waals surface area contributed by atoms with Crippen molar-refractivity contribution in [3.63, 3.8) is 0 Å². The van der Waals surface area contributed by atoms with Crippen LogP contribution in [0.15, 0.2) is 30.6 Å². The normalized spacial score (nSPS) is 11.2. The molecule has 0 bridgehead atoms. The van der Waals surface area contributed by atoms with Gasteiger partial charge in [-0.15, -0.1) is 0 Å². The predicted octanol–water partition coefficient (Wildman–Crippen LogP) is 2.09. The first-order chi connectivity index (χ1) is 9.41. The standard InChI is InChI=1S/C14H17N3O3/c1-14(2,18)9-5-4-6-10(7-9)20-13-11(15)12(19-3)16-8-17-13/h4-8,18H,15H2,1-3H3. The highest BCUT2D eigenvalue weighted by Crippen LogP contribution is 2.31. The van der Waals surface area contributed by atoms with E-state index in [9.17, 15) is 5.11 Å². The van der Waals surface area contributed by atoms with Gasteiger partial charge < -0.3 is 20.3 Å². The maximum atomic E-state index is 9.99. The third-order valence-electron chi connectivity index (χ3n) is 2.76. The third kappa shape index (κ3) is 2.97. The SMILES string of the molecule is COc1ncnc(Oc2cccc(C(C)(C)O)c2)c1N. The van der Waals surface area contributed by atoms with Gasteiger partial charge in [0, 0.05) is 0 Å². The Bertz CT molecular complexity index is 609. The van der Waals surface area contributed by atoms with Crippen LogP contribution >= 0.6 is 0 Å². The molecule has 0 aliphatic rings. The van der Waals surface area contributed by atoms with Crippen LogP contribution < -0.4 is 15.2 Å². The lowest BCUT2D eigenvalue weighted by molar-refractivity contribution is 0.0784. The molecule has 0 saturated carbocycles. The van der Waals surface area contributed by atoms with Crippen molar-refractivity contribution in [1.29, 1.82) is 0 Å². The first-order valence-electron chi connectivity index (χ1n) is 6.07. The summed E-state index contributed by atoms with van der Waals surface area (Å²) in [6.07, 6.45) is 1.31. The quantitative estimate of drug-likeness (QED) is 0.887. The summed E-state index contributed by atoms with van der Waals surface area (Å²) >= 11 is 0. The van der Waals surface area contributed by atoms with E-state index in [1.807, 2.05) is 6.07 Å². The average Bonchev–Trinajstić information content (AvgIpc) is 2.40. The summed E-state index contributed by atoms with van der Waals surface area (Å²) in [5, 5.41) is 9.99. The lowest BCUT2D eigenvalue weighted by Gasteiger charge is -2.18. The highest BCUT2D eigenvalue weighted by atomic mass is 16.5. The minimum atomic E-state index is -0.950. The molecule has 106 valence electrons. The largest absolute Gasteiger partial charge is 0.479 e. The van der Waals surface area contributed by atoms with Crippen LogP contribution in [0.25, 0.3) is 0 Å². The third-order valence-corrected chi connectivity index (χ3v) is 2.76. The molecule has 0 aliphatic carbocycles. The van der Waals surface area contributed by atoms with Crippen molar-refractivity contribution < 1.29 is 14.6 Å². The summed E-state index contributed by atoms with van der Waals surface area (Å²) in [5.41, 5.74) is 5.85. The van der Waals surface area contributed by atoms with Gasteiger partial charge in [0.2, 0.25) is 11.8 Å². The Hall–Kier alpha value is -2.34. The van der Waals surface area contributed by atoms with Crippen molar-refractivity contribution in [3.8, 4) is 17.5 Å². The van der Waals surface area contributed by atoms with Crippen LogP contribution in [0.5, 0.6) is 17.5 Å². The van der Waals surface area contributed by atoms with Gasteiger partial charge >= 0.3 is 0 Å². The molecule has 6 heteroatoms. The van der Waals surface area contributed by atoms with Crippen molar-refractivity contribution >= 4 is 5.69 Å². The molecule has 6 nitrogen and oxygen atoms in total. The Morgan fingerprint density at radius 1 is 1.20 bits per heavy atom. The summed E-state index contributed by atoms with van der Waals surface area (Å²) in [6, 6.07) is 7.09. The summed E-state index contributed by atoms with van der Waals surface area (Å²) < 4.78 is 10.6. The van der Waals surface area contributed by atoms with Crippen molar-refractivity contribution in [2.75, 3.05) is 12.8 Å². The Kier molecular flexibility index (Phi) is 3.76. The lowest BCUT2D eigenvalue weighted by Crippen LogP contribution is -2.15. The fourth-order valence-electron chi connectivity index (χ4n) is 1.66. The van der Waals surface area contributed by atoms with Crippen LogP contribution in [0.1, 0.15) is 19.4 Å². The fraction of sp³-hybridized carbons (Fsp3) is 0.286. The van der Waals surface area contributed by atoms with Crippen LogP contribution in [0.3, 0.4) is 0 Å². The predicted molar refractivity (Wildman–Crippen MR) is 74.8 cm³/mol. The van der Waals surface area contributed by atoms with Gasteiger partial charge in [-0.1, -0.05) is 12.1 Å². The number of methoxy groups -OCH3 is 1. The van der Waals surface area contributed by atoms with E-state index < -0.39 is 5.60 Å². The van der Waals surface area contributed by atoms with E-state index in [0.717, 1.165) is 5.56 Å². The van der Waals surface area contributed by atoms with Crippen LogP contribution in [0.2, 0.25) is 0 Å². The highest BCUT2D eigenvalue weighted by molar-refractivity contribution is 5.56.